The summed E-state index contributed by atoms with van der Waals surface area (Å²) >= 11 is 0. The molecule has 1 heterocycles. The topological polar surface area (TPSA) is 98.4 Å². The summed E-state index contributed by atoms with van der Waals surface area (Å²) in [5.41, 5.74) is 2.66. The van der Waals surface area contributed by atoms with Crippen molar-refractivity contribution in [1.29, 1.82) is 5.26 Å². The molecule has 136 valence electrons. The van der Waals surface area contributed by atoms with E-state index in [0.717, 1.165) is 11.1 Å². The Hall–Kier alpha value is -3.11. The first kappa shape index (κ1) is 19.2. The van der Waals surface area contributed by atoms with Crippen molar-refractivity contribution < 1.29 is 14.0 Å². The van der Waals surface area contributed by atoms with Crippen molar-refractivity contribution in [2.75, 3.05) is 18.4 Å². The first-order chi connectivity index (χ1) is 12.5. The number of nitrogens with one attached hydrogen (secondary N) is 2. The minimum atomic E-state index is -0.583. The molecular weight excluding hydrogens is 332 g/mol. The SMILES string of the molecule is Cc1ccc(NC(=O)NC(=O)CN(CCC#N)Cc2ccco2)c(C)c1. The number of hydrogen-bond donors (Lipinski definition) is 2. The van der Waals surface area contributed by atoms with E-state index < -0.39 is 11.9 Å². The van der Waals surface area contributed by atoms with Gasteiger partial charge >= 0.3 is 6.03 Å². The van der Waals surface area contributed by atoms with Gasteiger partial charge in [0.2, 0.25) is 5.91 Å². The van der Waals surface area contributed by atoms with Gasteiger partial charge in [0.15, 0.2) is 0 Å². The van der Waals surface area contributed by atoms with Gasteiger partial charge in [-0.2, -0.15) is 5.26 Å². The Kier molecular flexibility index (Phi) is 6.94. The van der Waals surface area contributed by atoms with E-state index >= 15 is 0 Å². The lowest BCUT2D eigenvalue weighted by Gasteiger charge is -2.19. The Balaban J connectivity index is 1.89. The number of nitriles is 1. The molecule has 2 aromatic rings. The van der Waals surface area contributed by atoms with Crippen LogP contribution in [-0.4, -0.2) is 29.9 Å². The largest absolute Gasteiger partial charge is 0.468 e. The van der Waals surface area contributed by atoms with Crippen LogP contribution in [0.25, 0.3) is 0 Å². The van der Waals surface area contributed by atoms with Crippen LogP contribution in [0.15, 0.2) is 41.0 Å². The van der Waals surface area contributed by atoms with Gasteiger partial charge in [-0.05, 0) is 37.6 Å². The molecule has 7 nitrogen and oxygen atoms in total. The molecule has 3 amide bonds. The fourth-order valence-corrected chi connectivity index (χ4v) is 2.52. The third-order valence-corrected chi connectivity index (χ3v) is 3.75. The lowest BCUT2D eigenvalue weighted by atomic mass is 10.1. The molecule has 1 aromatic heterocycles. The van der Waals surface area contributed by atoms with Crippen LogP contribution in [0.1, 0.15) is 23.3 Å². The lowest BCUT2D eigenvalue weighted by molar-refractivity contribution is -0.121. The number of nitrogens with zero attached hydrogens (tertiary/aromatic N) is 2. The third-order valence-electron chi connectivity index (χ3n) is 3.75. The predicted octanol–water partition coefficient (Wildman–Crippen LogP) is 2.96. The highest BCUT2D eigenvalue weighted by molar-refractivity contribution is 6.02. The summed E-state index contributed by atoms with van der Waals surface area (Å²) < 4.78 is 5.27. The number of hydrogen-bond acceptors (Lipinski definition) is 5. The van der Waals surface area contributed by atoms with Crippen molar-refractivity contribution in [3.8, 4) is 6.07 Å². The molecule has 1 aromatic carbocycles. The Labute approximate surface area is 152 Å². The number of aryl methyl sites for hydroxylation is 2. The summed E-state index contributed by atoms with van der Waals surface area (Å²) in [6.45, 7) is 4.64. The molecule has 0 spiro atoms. The monoisotopic (exact) mass is 354 g/mol. The quantitative estimate of drug-likeness (QED) is 0.796. The number of anilines is 1. The van der Waals surface area contributed by atoms with E-state index in [1.807, 2.05) is 26.0 Å². The zero-order chi connectivity index (χ0) is 18.9. The number of carbonyl (C=O) groups is 2. The maximum Gasteiger partial charge on any atom is 0.325 e. The molecule has 0 atom stereocenters. The molecule has 0 aliphatic heterocycles. The molecule has 0 saturated heterocycles. The zero-order valence-electron chi connectivity index (χ0n) is 14.9. The van der Waals surface area contributed by atoms with Crippen LogP contribution in [0.3, 0.4) is 0 Å². The van der Waals surface area contributed by atoms with Crippen molar-refractivity contribution in [1.82, 2.24) is 10.2 Å². The molecule has 0 aliphatic rings. The van der Waals surface area contributed by atoms with Crippen molar-refractivity contribution in [2.24, 2.45) is 0 Å². The molecule has 2 N–H and O–H groups in total. The maximum absolute atomic E-state index is 12.2. The van der Waals surface area contributed by atoms with Crippen LogP contribution in [-0.2, 0) is 11.3 Å². The van der Waals surface area contributed by atoms with Gasteiger partial charge in [-0.25, -0.2) is 4.79 Å². The molecular formula is C19H22N4O3. The summed E-state index contributed by atoms with van der Waals surface area (Å²) in [5.74, 6) is 0.243. The van der Waals surface area contributed by atoms with E-state index in [0.29, 0.717) is 24.5 Å². The number of rotatable bonds is 7. The standard InChI is InChI=1S/C19H22N4O3/c1-14-6-7-17(15(2)11-14)21-19(25)22-18(24)13-23(9-4-8-20)12-16-5-3-10-26-16/h3,5-7,10-11H,4,9,12-13H2,1-2H3,(H2,21,22,24,25). The first-order valence-corrected chi connectivity index (χ1v) is 8.27. The first-order valence-electron chi connectivity index (χ1n) is 8.27. The van der Waals surface area contributed by atoms with Gasteiger partial charge in [0.1, 0.15) is 5.76 Å². The number of amides is 3. The van der Waals surface area contributed by atoms with Crippen molar-refractivity contribution in [3.63, 3.8) is 0 Å². The minimum absolute atomic E-state index is 0.0112. The fourth-order valence-electron chi connectivity index (χ4n) is 2.52. The van der Waals surface area contributed by atoms with Gasteiger partial charge in [-0.1, -0.05) is 17.7 Å². The maximum atomic E-state index is 12.2. The fraction of sp³-hybridized carbons (Fsp3) is 0.316. The van der Waals surface area contributed by atoms with Crippen LogP contribution in [0.2, 0.25) is 0 Å². The van der Waals surface area contributed by atoms with E-state index in [1.54, 1.807) is 29.4 Å². The van der Waals surface area contributed by atoms with Gasteiger partial charge in [0, 0.05) is 18.7 Å². The van der Waals surface area contributed by atoms with Crippen LogP contribution in [0, 0.1) is 25.2 Å². The Morgan fingerprint density at radius 2 is 2.08 bits per heavy atom. The van der Waals surface area contributed by atoms with Crippen molar-refractivity contribution in [3.05, 3.63) is 53.5 Å². The van der Waals surface area contributed by atoms with E-state index in [4.69, 9.17) is 9.68 Å². The number of carbonyl (C=O) groups excluding carboxylic acids is 2. The number of urea groups is 1. The van der Waals surface area contributed by atoms with Crippen molar-refractivity contribution >= 4 is 17.6 Å². The Morgan fingerprint density at radius 1 is 1.27 bits per heavy atom. The zero-order valence-corrected chi connectivity index (χ0v) is 14.9. The lowest BCUT2D eigenvalue weighted by Crippen LogP contribution is -2.42. The van der Waals surface area contributed by atoms with Gasteiger partial charge < -0.3 is 9.73 Å². The van der Waals surface area contributed by atoms with Crippen LogP contribution < -0.4 is 10.6 Å². The van der Waals surface area contributed by atoms with Gasteiger partial charge in [-0.15, -0.1) is 0 Å². The second-order valence-corrected chi connectivity index (χ2v) is 6.02. The predicted molar refractivity (Wildman–Crippen MR) is 97.3 cm³/mol. The van der Waals surface area contributed by atoms with E-state index in [9.17, 15) is 9.59 Å². The van der Waals surface area contributed by atoms with E-state index in [2.05, 4.69) is 16.7 Å². The van der Waals surface area contributed by atoms with Crippen molar-refractivity contribution in [2.45, 2.75) is 26.8 Å². The summed E-state index contributed by atoms with van der Waals surface area (Å²) in [7, 11) is 0. The second-order valence-electron chi connectivity index (χ2n) is 6.02. The number of imide groups is 1. The van der Waals surface area contributed by atoms with Crippen LogP contribution in [0.5, 0.6) is 0 Å². The molecule has 7 heteroatoms. The number of furan rings is 1. The molecule has 0 bridgehead atoms. The highest BCUT2D eigenvalue weighted by Gasteiger charge is 2.15. The normalized spacial score (nSPS) is 10.4. The molecule has 0 fully saturated rings. The van der Waals surface area contributed by atoms with Gasteiger partial charge in [0.05, 0.1) is 25.4 Å². The van der Waals surface area contributed by atoms with Gasteiger partial charge in [0.25, 0.3) is 0 Å². The molecule has 2 rings (SSSR count). The van der Waals surface area contributed by atoms with Gasteiger partial charge in [-0.3, -0.25) is 15.0 Å². The Morgan fingerprint density at radius 3 is 2.73 bits per heavy atom. The third kappa shape index (κ3) is 6.07. The smallest absolute Gasteiger partial charge is 0.325 e. The minimum Gasteiger partial charge on any atom is -0.468 e. The highest BCUT2D eigenvalue weighted by atomic mass is 16.3. The summed E-state index contributed by atoms with van der Waals surface area (Å²) in [6.07, 6.45) is 1.83. The summed E-state index contributed by atoms with van der Waals surface area (Å²) in [4.78, 5) is 25.9. The summed E-state index contributed by atoms with van der Waals surface area (Å²) in [6, 6.07) is 10.7. The Bertz CT molecular complexity index is 794. The molecule has 0 aliphatic carbocycles. The second kappa shape index (κ2) is 9.39. The highest BCUT2D eigenvalue weighted by Crippen LogP contribution is 2.15. The molecule has 0 unspecified atom stereocenters. The van der Waals surface area contributed by atoms with Crippen LogP contribution >= 0.6 is 0 Å². The number of benzene rings is 1. The molecule has 0 radical (unpaired) electrons. The average molecular weight is 354 g/mol. The van der Waals surface area contributed by atoms with E-state index in [-0.39, 0.29) is 13.0 Å². The molecule has 26 heavy (non-hydrogen) atoms. The molecule has 0 saturated carbocycles. The average Bonchev–Trinajstić information content (AvgIpc) is 3.08. The van der Waals surface area contributed by atoms with E-state index in [1.165, 1.54) is 0 Å². The van der Waals surface area contributed by atoms with Crippen LogP contribution in [0.4, 0.5) is 10.5 Å². The summed E-state index contributed by atoms with van der Waals surface area (Å²) in [5, 5.41) is 13.7.